The van der Waals surface area contributed by atoms with Gasteiger partial charge in [0.2, 0.25) is 0 Å². The Labute approximate surface area is 126 Å². The third-order valence-corrected chi connectivity index (χ3v) is 4.27. The lowest BCUT2D eigenvalue weighted by molar-refractivity contribution is 0.0765. The van der Waals surface area contributed by atoms with Crippen molar-refractivity contribution in [2.24, 2.45) is 0 Å². The number of fused-ring (bicyclic) bond motifs is 1. The molecule has 2 aromatic carbocycles. The van der Waals surface area contributed by atoms with Gasteiger partial charge in [0, 0.05) is 18.7 Å². The summed E-state index contributed by atoms with van der Waals surface area (Å²) in [6, 6.07) is 14.5. The van der Waals surface area contributed by atoms with Crippen LogP contribution in [0.15, 0.2) is 42.5 Å². The third-order valence-electron chi connectivity index (χ3n) is 4.27. The number of hydrogen-bond acceptors (Lipinski definition) is 1. The number of hydrogen-bond donors (Lipinski definition) is 0. The second-order valence-corrected chi connectivity index (χ2v) is 6.13. The van der Waals surface area contributed by atoms with Gasteiger partial charge in [-0.1, -0.05) is 56.3 Å². The highest BCUT2D eigenvalue weighted by molar-refractivity contribution is 6.00. The van der Waals surface area contributed by atoms with Gasteiger partial charge in [0.1, 0.15) is 0 Å². The van der Waals surface area contributed by atoms with E-state index < -0.39 is 0 Å². The molecule has 0 spiro atoms. The lowest BCUT2D eigenvalue weighted by Gasteiger charge is -2.16. The molecule has 0 radical (unpaired) electrons. The summed E-state index contributed by atoms with van der Waals surface area (Å²) in [5, 5.41) is 0. The van der Waals surface area contributed by atoms with E-state index in [0.717, 1.165) is 12.1 Å². The Balaban J connectivity index is 1.95. The minimum absolute atomic E-state index is 0.182. The number of rotatable bonds is 3. The molecule has 1 heterocycles. The van der Waals surface area contributed by atoms with Crippen LogP contribution in [0.3, 0.4) is 0 Å². The summed E-state index contributed by atoms with van der Waals surface area (Å²) in [7, 11) is 0. The first-order valence-electron chi connectivity index (χ1n) is 7.53. The van der Waals surface area contributed by atoms with Crippen LogP contribution in [-0.2, 0) is 13.1 Å². The average molecular weight is 279 g/mol. The zero-order chi connectivity index (χ0) is 15.0. The van der Waals surface area contributed by atoms with Crippen molar-refractivity contribution in [1.82, 2.24) is 4.90 Å². The molecule has 1 amide bonds. The SMILES string of the molecule is Cc1ccc(C(C)C)c2c1CN(Cc1ccccc1)C2=O. The second kappa shape index (κ2) is 5.36. The van der Waals surface area contributed by atoms with E-state index >= 15 is 0 Å². The molecule has 2 heteroatoms. The molecule has 0 N–H and O–H groups in total. The number of carbonyl (C=O) groups is 1. The molecule has 108 valence electrons. The van der Waals surface area contributed by atoms with Gasteiger partial charge in [-0.15, -0.1) is 0 Å². The Morgan fingerprint density at radius 2 is 1.81 bits per heavy atom. The largest absolute Gasteiger partial charge is 0.330 e. The van der Waals surface area contributed by atoms with Crippen LogP contribution >= 0.6 is 0 Å². The molecule has 1 aliphatic rings. The lowest BCUT2D eigenvalue weighted by Crippen LogP contribution is -2.23. The van der Waals surface area contributed by atoms with E-state index in [0.29, 0.717) is 12.5 Å². The first kappa shape index (κ1) is 13.9. The van der Waals surface area contributed by atoms with E-state index in [2.05, 4.69) is 45.0 Å². The van der Waals surface area contributed by atoms with E-state index in [1.165, 1.54) is 22.3 Å². The summed E-state index contributed by atoms with van der Waals surface area (Å²) in [5.41, 5.74) is 5.74. The molecule has 3 rings (SSSR count). The molecule has 0 fully saturated rings. The summed E-state index contributed by atoms with van der Waals surface area (Å²) in [5.74, 6) is 0.557. The highest BCUT2D eigenvalue weighted by atomic mass is 16.2. The van der Waals surface area contributed by atoms with Crippen LogP contribution in [0.4, 0.5) is 0 Å². The van der Waals surface area contributed by atoms with E-state index in [4.69, 9.17) is 0 Å². The highest BCUT2D eigenvalue weighted by Crippen LogP contribution is 2.33. The zero-order valence-corrected chi connectivity index (χ0v) is 12.9. The first-order chi connectivity index (χ1) is 10.1. The summed E-state index contributed by atoms with van der Waals surface area (Å²) in [4.78, 5) is 14.8. The molecule has 0 atom stereocenters. The van der Waals surface area contributed by atoms with Gasteiger partial charge >= 0.3 is 0 Å². The molecule has 0 unspecified atom stereocenters. The van der Waals surface area contributed by atoms with Crippen LogP contribution in [-0.4, -0.2) is 10.8 Å². The molecular formula is C19H21NO. The van der Waals surface area contributed by atoms with Gasteiger partial charge in [0.15, 0.2) is 0 Å². The fourth-order valence-corrected chi connectivity index (χ4v) is 3.06. The molecule has 1 aliphatic heterocycles. The topological polar surface area (TPSA) is 20.3 Å². The molecule has 0 bridgehead atoms. The van der Waals surface area contributed by atoms with Crippen LogP contribution < -0.4 is 0 Å². The smallest absolute Gasteiger partial charge is 0.255 e. The maximum atomic E-state index is 12.8. The normalized spacial score (nSPS) is 13.9. The Kier molecular flexibility index (Phi) is 3.54. The van der Waals surface area contributed by atoms with Crippen LogP contribution in [0.25, 0.3) is 0 Å². The summed E-state index contributed by atoms with van der Waals surface area (Å²) >= 11 is 0. The predicted molar refractivity (Wildman–Crippen MR) is 85.3 cm³/mol. The van der Waals surface area contributed by atoms with Crippen LogP contribution in [0.2, 0.25) is 0 Å². The lowest BCUT2D eigenvalue weighted by atomic mass is 9.92. The maximum absolute atomic E-state index is 12.8. The van der Waals surface area contributed by atoms with E-state index in [9.17, 15) is 4.79 Å². The highest BCUT2D eigenvalue weighted by Gasteiger charge is 2.31. The van der Waals surface area contributed by atoms with Crippen molar-refractivity contribution in [3.05, 3.63) is 70.3 Å². The quantitative estimate of drug-likeness (QED) is 0.821. The molecule has 2 aromatic rings. The molecule has 0 saturated heterocycles. The molecule has 21 heavy (non-hydrogen) atoms. The Morgan fingerprint density at radius 1 is 1.10 bits per heavy atom. The van der Waals surface area contributed by atoms with E-state index in [1.807, 2.05) is 23.1 Å². The van der Waals surface area contributed by atoms with E-state index in [-0.39, 0.29) is 5.91 Å². The van der Waals surface area contributed by atoms with Gasteiger partial charge < -0.3 is 4.90 Å². The number of carbonyl (C=O) groups excluding carboxylic acids is 1. The van der Waals surface area contributed by atoms with Crippen LogP contribution in [0, 0.1) is 6.92 Å². The maximum Gasteiger partial charge on any atom is 0.255 e. The van der Waals surface area contributed by atoms with Crippen molar-refractivity contribution in [1.29, 1.82) is 0 Å². The van der Waals surface area contributed by atoms with Gasteiger partial charge in [-0.05, 0) is 35.1 Å². The monoisotopic (exact) mass is 279 g/mol. The fourth-order valence-electron chi connectivity index (χ4n) is 3.06. The zero-order valence-electron chi connectivity index (χ0n) is 12.9. The van der Waals surface area contributed by atoms with Crippen molar-refractivity contribution in [3.8, 4) is 0 Å². The Hall–Kier alpha value is -2.09. The molecule has 0 aromatic heterocycles. The molecule has 0 saturated carbocycles. The van der Waals surface area contributed by atoms with E-state index in [1.54, 1.807) is 0 Å². The van der Waals surface area contributed by atoms with Gasteiger partial charge in [0.25, 0.3) is 5.91 Å². The third kappa shape index (κ3) is 2.46. The fraction of sp³-hybridized carbons (Fsp3) is 0.316. The first-order valence-corrected chi connectivity index (χ1v) is 7.53. The average Bonchev–Trinajstić information content (AvgIpc) is 2.79. The van der Waals surface area contributed by atoms with Gasteiger partial charge in [-0.2, -0.15) is 0 Å². The number of nitrogens with zero attached hydrogens (tertiary/aromatic N) is 1. The van der Waals surface area contributed by atoms with Gasteiger partial charge in [-0.25, -0.2) is 0 Å². The molecular weight excluding hydrogens is 258 g/mol. The summed E-state index contributed by atoms with van der Waals surface area (Å²) in [6.45, 7) is 7.82. The number of aryl methyl sites for hydroxylation is 1. The van der Waals surface area contributed by atoms with Crippen molar-refractivity contribution in [2.45, 2.75) is 39.8 Å². The van der Waals surface area contributed by atoms with Crippen LogP contribution in [0.1, 0.15) is 52.4 Å². The van der Waals surface area contributed by atoms with Crippen LogP contribution in [0.5, 0.6) is 0 Å². The van der Waals surface area contributed by atoms with Crippen molar-refractivity contribution < 1.29 is 4.79 Å². The Bertz CT molecular complexity index is 673. The van der Waals surface area contributed by atoms with Gasteiger partial charge in [0.05, 0.1) is 0 Å². The summed E-state index contributed by atoms with van der Waals surface area (Å²) in [6.07, 6.45) is 0. The number of benzene rings is 2. The minimum atomic E-state index is 0.182. The Morgan fingerprint density at radius 3 is 2.48 bits per heavy atom. The second-order valence-electron chi connectivity index (χ2n) is 6.13. The number of amides is 1. The summed E-state index contributed by atoms with van der Waals surface area (Å²) < 4.78 is 0. The van der Waals surface area contributed by atoms with Crippen molar-refractivity contribution in [2.75, 3.05) is 0 Å². The van der Waals surface area contributed by atoms with Crippen molar-refractivity contribution in [3.63, 3.8) is 0 Å². The van der Waals surface area contributed by atoms with Gasteiger partial charge in [-0.3, -0.25) is 4.79 Å². The predicted octanol–water partition coefficient (Wildman–Crippen LogP) is 4.27. The molecule has 0 aliphatic carbocycles. The van der Waals surface area contributed by atoms with Crippen molar-refractivity contribution >= 4 is 5.91 Å². The standard InChI is InChI=1S/C19H21NO/c1-13(2)16-10-9-14(3)17-12-20(19(21)18(16)17)11-15-7-5-4-6-8-15/h4-10,13H,11-12H2,1-3H3. The molecule has 2 nitrogen and oxygen atoms in total. The minimum Gasteiger partial charge on any atom is -0.330 e.